The maximum absolute atomic E-state index is 12.3. The summed E-state index contributed by atoms with van der Waals surface area (Å²) < 4.78 is 0. The number of piperazine rings is 1. The smallest absolute Gasteiger partial charge is 0.239 e. The number of hydrogen-bond donors (Lipinski definition) is 1. The van der Waals surface area contributed by atoms with Gasteiger partial charge in [0, 0.05) is 39.3 Å². The first-order valence-electron chi connectivity index (χ1n) is 8.26. The first-order valence-corrected chi connectivity index (χ1v) is 8.26. The van der Waals surface area contributed by atoms with Crippen LogP contribution in [0.4, 0.5) is 0 Å². The van der Waals surface area contributed by atoms with Crippen LogP contribution in [0.2, 0.25) is 0 Å². The molecule has 1 N–H and O–H groups in total. The zero-order valence-electron chi connectivity index (χ0n) is 12.7. The van der Waals surface area contributed by atoms with Crippen molar-refractivity contribution in [3.8, 4) is 0 Å². The van der Waals surface area contributed by atoms with Gasteiger partial charge < -0.3 is 15.1 Å². The number of rotatable bonds is 3. The summed E-state index contributed by atoms with van der Waals surface area (Å²) in [5, 5.41) is 3.27. The second-order valence-corrected chi connectivity index (χ2v) is 6.34. The standard InChI is InChI=1S/C15H26N4O2/c20-14(18-6-1-2-7-18)12-17-8-10-19(11-9-17)15(21)13-4-3-5-16-13/h13,16H,1-12H2. The lowest BCUT2D eigenvalue weighted by molar-refractivity contribution is -0.136. The Hall–Kier alpha value is -1.14. The lowest BCUT2D eigenvalue weighted by Crippen LogP contribution is -2.54. The number of carbonyl (C=O) groups excluding carboxylic acids is 2. The number of likely N-dealkylation sites (tertiary alicyclic amines) is 1. The molecule has 3 fully saturated rings. The van der Waals surface area contributed by atoms with E-state index in [1.807, 2.05) is 9.80 Å². The van der Waals surface area contributed by atoms with Gasteiger partial charge in [0.05, 0.1) is 12.6 Å². The van der Waals surface area contributed by atoms with Crippen LogP contribution in [0.25, 0.3) is 0 Å². The zero-order valence-corrected chi connectivity index (χ0v) is 12.7. The van der Waals surface area contributed by atoms with Gasteiger partial charge in [0.15, 0.2) is 0 Å². The molecule has 6 heteroatoms. The van der Waals surface area contributed by atoms with Gasteiger partial charge in [-0.2, -0.15) is 0 Å². The maximum atomic E-state index is 12.3. The first kappa shape index (κ1) is 14.8. The van der Waals surface area contributed by atoms with Gasteiger partial charge in [-0.15, -0.1) is 0 Å². The summed E-state index contributed by atoms with van der Waals surface area (Å²) in [5.74, 6) is 0.503. The fourth-order valence-corrected chi connectivity index (χ4v) is 3.50. The summed E-state index contributed by atoms with van der Waals surface area (Å²) in [6.07, 6.45) is 4.35. The van der Waals surface area contributed by atoms with E-state index < -0.39 is 0 Å². The summed E-state index contributed by atoms with van der Waals surface area (Å²) in [6.45, 7) is 6.46. The molecule has 6 nitrogen and oxygen atoms in total. The third-order valence-corrected chi connectivity index (χ3v) is 4.86. The topological polar surface area (TPSA) is 55.9 Å². The molecule has 0 spiro atoms. The Morgan fingerprint density at radius 1 is 0.905 bits per heavy atom. The zero-order chi connectivity index (χ0) is 14.7. The van der Waals surface area contributed by atoms with E-state index in [-0.39, 0.29) is 17.9 Å². The lowest BCUT2D eigenvalue weighted by Gasteiger charge is -2.36. The molecule has 1 atom stereocenters. The molecule has 0 saturated carbocycles. The van der Waals surface area contributed by atoms with E-state index in [0.717, 1.165) is 71.5 Å². The van der Waals surface area contributed by atoms with Crippen LogP contribution in [0.15, 0.2) is 0 Å². The predicted octanol–water partition coefficient (Wildman–Crippen LogP) is -0.495. The van der Waals surface area contributed by atoms with Crippen LogP contribution in [0.1, 0.15) is 25.7 Å². The van der Waals surface area contributed by atoms with E-state index in [0.29, 0.717) is 6.54 Å². The van der Waals surface area contributed by atoms with Crippen molar-refractivity contribution in [2.45, 2.75) is 31.7 Å². The number of carbonyl (C=O) groups is 2. The highest BCUT2D eigenvalue weighted by Gasteiger charge is 2.30. The van der Waals surface area contributed by atoms with Crippen LogP contribution >= 0.6 is 0 Å². The fraction of sp³-hybridized carbons (Fsp3) is 0.867. The second-order valence-electron chi connectivity index (χ2n) is 6.34. The van der Waals surface area contributed by atoms with Crippen molar-refractivity contribution < 1.29 is 9.59 Å². The number of amides is 2. The van der Waals surface area contributed by atoms with Gasteiger partial charge >= 0.3 is 0 Å². The van der Waals surface area contributed by atoms with Gasteiger partial charge in [-0.05, 0) is 32.2 Å². The molecule has 0 bridgehead atoms. The SMILES string of the molecule is O=C(CN1CCN(C(=O)C2CCCN2)CC1)N1CCCC1. The van der Waals surface area contributed by atoms with Crippen molar-refractivity contribution in [3.05, 3.63) is 0 Å². The van der Waals surface area contributed by atoms with Gasteiger partial charge in [0.1, 0.15) is 0 Å². The van der Waals surface area contributed by atoms with E-state index in [1.165, 1.54) is 0 Å². The molecular weight excluding hydrogens is 268 g/mol. The summed E-state index contributed by atoms with van der Waals surface area (Å²) in [5.41, 5.74) is 0. The quantitative estimate of drug-likeness (QED) is 0.763. The fourth-order valence-electron chi connectivity index (χ4n) is 3.50. The van der Waals surface area contributed by atoms with Gasteiger partial charge in [0.2, 0.25) is 11.8 Å². The molecule has 3 aliphatic rings. The Balaban J connectivity index is 1.42. The summed E-state index contributed by atoms with van der Waals surface area (Å²) in [4.78, 5) is 30.6. The van der Waals surface area contributed by atoms with Gasteiger partial charge in [-0.3, -0.25) is 14.5 Å². The highest BCUT2D eigenvalue weighted by Crippen LogP contribution is 2.12. The largest absolute Gasteiger partial charge is 0.342 e. The monoisotopic (exact) mass is 294 g/mol. The van der Waals surface area contributed by atoms with E-state index in [4.69, 9.17) is 0 Å². The van der Waals surface area contributed by atoms with E-state index >= 15 is 0 Å². The first-order chi connectivity index (χ1) is 10.2. The van der Waals surface area contributed by atoms with Crippen LogP contribution in [0.5, 0.6) is 0 Å². The number of nitrogens with zero attached hydrogens (tertiary/aromatic N) is 3. The molecule has 118 valence electrons. The minimum atomic E-state index is 0.0304. The van der Waals surface area contributed by atoms with Crippen molar-refractivity contribution in [2.24, 2.45) is 0 Å². The molecule has 0 aromatic carbocycles. The molecule has 0 aliphatic carbocycles. The molecule has 3 rings (SSSR count). The summed E-state index contributed by atoms with van der Waals surface area (Å²) in [7, 11) is 0. The van der Waals surface area contributed by atoms with Crippen molar-refractivity contribution in [1.29, 1.82) is 0 Å². The van der Waals surface area contributed by atoms with Gasteiger partial charge in [0.25, 0.3) is 0 Å². The average Bonchev–Trinajstić information content (AvgIpc) is 3.20. The maximum Gasteiger partial charge on any atom is 0.239 e. The highest BCUT2D eigenvalue weighted by atomic mass is 16.2. The van der Waals surface area contributed by atoms with Crippen molar-refractivity contribution >= 4 is 11.8 Å². The van der Waals surface area contributed by atoms with E-state index in [2.05, 4.69) is 10.2 Å². The lowest BCUT2D eigenvalue weighted by atomic mass is 10.2. The van der Waals surface area contributed by atoms with Crippen LogP contribution < -0.4 is 5.32 Å². The Morgan fingerprint density at radius 2 is 1.62 bits per heavy atom. The molecule has 3 heterocycles. The summed E-state index contributed by atoms with van der Waals surface area (Å²) in [6, 6.07) is 0.0304. The minimum Gasteiger partial charge on any atom is -0.342 e. The highest BCUT2D eigenvalue weighted by molar-refractivity contribution is 5.82. The Bertz CT molecular complexity index is 381. The molecule has 3 saturated heterocycles. The van der Waals surface area contributed by atoms with Crippen LogP contribution in [-0.2, 0) is 9.59 Å². The third kappa shape index (κ3) is 3.55. The second kappa shape index (κ2) is 6.75. The molecule has 2 amide bonds. The molecule has 1 unspecified atom stereocenters. The molecule has 0 aromatic heterocycles. The Kier molecular flexibility index (Phi) is 4.75. The van der Waals surface area contributed by atoms with Crippen molar-refractivity contribution in [3.63, 3.8) is 0 Å². The minimum absolute atomic E-state index is 0.0304. The van der Waals surface area contributed by atoms with Gasteiger partial charge in [-0.25, -0.2) is 0 Å². The molecule has 0 aromatic rings. The Morgan fingerprint density at radius 3 is 2.24 bits per heavy atom. The van der Waals surface area contributed by atoms with E-state index in [1.54, 1.807) is 0 Å². The van der Waals surface area contributed by atoms with Crippen molar-refractivity contribution in [1.82, 2.24) is 20.0 Å². The van der Waals surface area contributed by atoms with Crippen LogP contribution in [0, 0.1) is 0 Å². The molecule has 3 aliphatic heterocycles. The molecule has 21 heavy (non-hydrogen) atoms. The summed E-state index contributed by atoms with van der Waals surface area (Å²) >= 11 is 0. The Labute approximate surface area is 126 Å². The molecule has 0 radical (unpaired) electrons. The number of nitrogens with one attached hydrogen (secondary N) is 1. The van der Waals surface area contributed by atoms with Crippen molar-refractivity contribution in [2.75, 3.05) is 52.4 Å². The average molecular weight is 294 g/mol. The third-order valence-electron chi connectivity index (χ3n) is 4.86. The van der Waals surface area contributed by atoms with Crippen LogP contribution in [-0.4, -0.2) is 84.9 Å². The predicted molar refractivity (Wildman–Crippen MR) is 79.9 cm³/mol. The van der Waals surface area contributed by atoms with Gasteiger partial charge in [-0.1, -0.05) is 0 Å². The molecular formula is C15H26N4O2. The van der Waals surface area contributed by atoms with Crippen LogP contribution in [0.3, 0.4) is 0 Å². The normalized spacial score (nSPS) is 27.3. The van der Waals surface area contributed by atoms with E-state index in [9.17, 15) is 9.59 Å². The number of hydrogen-bond acceptors (Lipinski definition) is 4.